The van der Waals surface area contributed by atoms with E-state index in [-0.39, 0.29) is 18.3 Å². The lowest BCUT2D eigenvalue weighted by molar-refractivity contribution is -0.122. The number of piperidine rings is 1. The summed E-state index contributed by atoms with van der Waals surface area (Å²) in [5.41, 5.74) is 3.46. The number of fused-ring (bicyclic) bond motifs is 1. The van der Waals surface area contributed by atoms with Crippen LogP contribution >= 0.6 is 12.4 Å². The molecule has 31 heavy (non-hydrogen) atoms. The molecule has 1 aromatic carbocycles. The van der Waals surface area contributed by atoms with E-state index in [0.717, 1.165) is 44.6 Å². The lowest BCUT2D eigenvalue weighted by Crippen LogP contribution is -2.56. The number of hydrogen-bond acceptors (Lipinski definition) is 3. The van der Waals surface area contributed by atoms with Gasteiger partial charge in [0.05, 0.1) is 11.5 Å². The van der Waals surface area contributed by atoms with Crippen LogP contribution < -0.4 is 4.90 Å². The second-order valence-corrected chi connectivity index (χ2v) is 10.6. The van der Waals surface area contributed by atoms with Crippen molar-refractivity contribution in [1.82, 2.24) is 4.90 Å². The van der Waals surface area contributed by atoms with Crippen molar-refractivity contribution in [2.45, 2.75) is 103 Å². The molecule has 0 N–H and O–H groups in total. The van der Waals surface area contributed by atoms with Crippen LogP contribution in [0.15, 0.2) is 18.2 Å². The van der Waals surface area contributed by atoms with E-state index in [1.54, 1.807) is 0 Å². The first-order valence-electron chi connectivity index (χ1n) is 12.1. The van der Waals surface area contributed by atoms with Crippen molar-refractivity contribution in [3.8, 4) is 0 Å². The summed E-state index contributed by atoms with van der Waals surface area (Å²) in [4.78, 5) is 18.2. The maximum Gasteiger partial charge on any atom is 0.237 e. The van der Waals surface area contributed by atoms with Crippen LogP contribution in [0.1, 0.15) is 83.8 Å². The van der Waals surface area contributed by atoms with Crippen LogP contribution in [0.4, 0.5) is 5.69 Å². The minimum Gasteiger partial charge on any atom is -0.378 e. The third kappa shape index (κ3) is 4.54. The van der Waals surface area contributed by atoms with Crippen molar-refractivity contribution in [2.24, 2.45) is 0 Å². The second-order valence-electron chi connectivity index (χ2n) is 10.6. The summed E-state index contributed by atoms with van der Waals surface area (Å²) in [7, 11) is 0. The fraction of sp³-hybridized carbons (Fsp3) is 0.731. The first-order valence-corrected chi connectivity index (χ1v) is 12.1. The van der Waals surface area contributed by atoms with Crippen molar-refractivity contribution >= 4 is 24.0 Å². The molecule has 4 nitrogen and oxygen atoms in total. The highest BCUT2D eigenvalue weighted by atomic mass is 35.5. The van der Waals surface area contributed by atoms with Gasteiger partial charge in [-0.25, -0.2) is 0 Å². The number of benzene rings is 1. The summed E-state index contributed by atoms with van der Waals surface area (Å²) in [6, 6.07) is 6.84. The average molecular weight is 449 g/mol. The molecule has 5 heteroatoms. The number of anilines is 1. The fourth-order valence-electron chi connectivity index (χ4n) is 5.90. The van der Waals surface area contributed by atoms with Gasteiger partial charge < -0.3 is 9.64 Å². The Kier molecular flexibility index (Phi) is 7.45. The number of likely N-dealkylation sites (tertiary alicyclic amines) is 1. The quantitative estimate of drug-likeness (QED) is 0.584. The molecule has 1 aliphatic carbocycles. The summed E-state index contributed by atoms with van der Waals surface area (Å²) in [5, 5.41) is 0. The lowest BCUT2D eigenvalue weighted by atomic mass is 9.79. The lowest BCUT2D eigenvalue weighted by Gasteiger charge is -2.49. The van der Waals surface area contributed by atoms with E-state index >= 15 is 0 Å². The zero-order valence-corrected chi connectivity index (χ0v) is 20.9. The molecular formula is C26H41ClN2O2. The van der Waals surface area contributed by atoms with E-state index in [0.29, 0.717) is 17.7 Å². The summed E-state index contributed by atoms with van der Waals surface area (Å²) in [5.74, 6) is 0.279. The Labute approximate surface area is 195 Å². The Morgan fingerprint density at radius 2 is 1.71 bits per heavy atom. The van der Waals surface area contributed by atoms with Gasteiger partial charge in [0.1, 0.15) is 0 Å². The molecule has 0 aromatic heterocycles. The van der Waals surface area contributed by atoms with Gasteiger partial charge in [-0.3, -0.25) is 9.69 Å². The standard InChI is InChI=1S/C26H40N2O2.ClH/c1-6-17-30-21-9-13-26(5,14-10-21)27-15-11-20(12-16-27)28-23-18-19(2)7-8-22(23)25(3,4)24(28)29;/h7-8,18,20-21H,6,9-17H2,1-5H3;1H. The zero-order chi connectivity index (χ0) is 21.5. The SMILES string of the molecule is CCCOC1CCC(C)(N2CCC(N3C(=O)C(C)(C)c4ccc(C)cc43)CC2)CC1.Cl. The van der Waals surface area contributed by atoms with Gasteiger partial charge in [0.25, 0.3) is 0 Å². The van der Waals surface area contributed by atoms with Crippen LogP contribution in [0.5, 0.6) is 0 Å². The molecule has 2 fully saturated rings. The van der Waals surface area contributed by atoms with E-state index in [1.165, 1.54) is 36.8 Å². The van der Waals surface area contributed by atoms with Gasteiger partial charge in [-0.2, -0.15) is 0 Å². The molecule has 2 heterocycles. The van der Waals surface area contributed by atoms with Gasteiger partial charge in [0.15, 0.2) is 0 Å². The molecule has 1 saturated heterocycles. The van der Waals surface area contributed by atoms with Crippen molar-refractivity contribution < 1.29 is 9.53 Å². The Morgan fingerprint density at radius 1 is 1.06 bits per heavy atom. The Hall–Kier alpha value is -1.10. The fourth-order valence-corrected chi connectivity index (χ4v) is 5.90. The summed E-state index contributed by atoms with van der Waals surface area (Å²) in [6.45, 7) is 14.0. The number of amides is 1. The number of halogens is 1. The van der Waals surface area contributed by atoms with Crippen molar-refractivity contribution in [3.05, 3.63) is 29.3 Å². The molecular weight excluding hydrogens is 408 g/mol. The minimum absolute atomic E-state index is 0. The van der Waals surface area contributed by atoms with Gasteiger partial charge in [-0.15, -0.1) is 12.4 Å². The van der Waals surface area contributed by atoms with E-state index < -0.39 is 5.41 Å². The molecule has 3 aliphatic rings. The van der Waals surface area contributed by atoms with Crippen LogP contribution in [-0.2, 0) is 14.9 Å². The maximum absolute atomic E-state index is 13.4. The number of rotatable bonds is 5. The molecule has 4 rings (SSSR count). The monoisotopic (exact) mass is 448 g/mol. The third-order valence-corrected chi connectivity index (χ3v) is 8.00. The maximum atomic E-state index is 13.4. The van der Waals surface area contributed by atoms with Gasteiger partial charge in [-0.05, 0) is 89.8 Å². The number of ether oxygens (including phenoxy) is 1. The van der Waals surface area contributed by atoms with Crippen LogP contribution in [-0.4, -0.2) is 48.2 Å². The predicted molar refractivity (Wildman–Crippen MR) is 130 cm³/mol. The number of aryl methyl sites for hydroxylation is 1. The highest BCUT2D eigenvalue weighted by Crippen LogP contribution is 2.45. The molecule has 0 bridgehead atoms. The normalized spacial score (nSPS) is 29.0. The molecule has 0 unspecified atom stereocenters. The van der Waals surface area contributed by atoms with Gasteiger partial charge in [0, 0.05) is 37.0 Å². The van der Waals surface area contributed by atoms with Crippen LogP contribution in [0.3, 0.4) is 0 Å². The molecule has 174 valence electrons. The molecule has 1 amide bonds. The molecule has 0 spiro atoms. The first-order chi connectivity index (χ1) is 14.3. The summed E-state index contributed by atoms with van der Waals surface area (Å²) in [6.07, 6.45) is 8.52. The predicted octanol–water partition coefficient (Wildman–Crippen LogP) is 5.63. The number of nitrogens with zero attached hydrogens (tertiary/aromatic N) is 2. The Morgan fingerprint density at radius 3 is 2.32 bits per heavy atom. The Balaban J connectivity index is 0.00000272. The van der Waals surface area contributed by atoms with Crippen LogP contribution in [0.2, 0.25) is 0 Å². The third-order valence-electron chi connectivity index (χ3n) is 8.00. The van der Waals surface area contributed by atoms with Gasteiger partial charge in [0.2, 0.25) is 5.91 Å². The molecule has 1 aromatic rings. The van der Waals surface area contributed by atoms with E-state index in [1.807, 2.05) is 0 Å². The molecule has 0 atom stereocenters. The topological polar surface area (TPSA) is 32.8 Å². The highest BCUT2D eigenvalue weighted by Gasteiger charge is 2.47. The zero-order valence-electron chi connectivity index (χ0n) is 20.1. The van der Waals surface area contributed by atoms with Crippen molar-refractivity contribution in [1.29, 1.82) is 0 Å². The van der Waals surface area contributed by atoms with E-state index in [9.17, 15) is 4.79 Å². The number of hydrogen-bond donors (Lipinski definition) is 0. The molecule has 2 aliphatic heterocycles. The average Bonchev–Trinajstić information content (AvgIpc) is 2.93. The first kappa shape index (κ1) is 24.5. The van der Waals surface area contributed by atoms with E-state index in [2.05, 4.69) is 62.6 Å². The van der Waals surface area contributed by atoms with Crippen molar-refractivity contribution in [2.75, 3.05) is 24.6 Å². The van der Waals surface area contributed by atoms with Crippen molar-refractivity contribution in [3.63, 3.8) is 0 Å². The largest absolute Gasteiger partial charge is 0.378 e. The van der Waals surface area contributed by atoms with Gasteiger partial charge in [-0.1, -0.05) is 19.1 Å². The minimum atomic E-state index is -0.414. The van der Waals surface area contributed by atoms with Crippen LogP contribution in [0.25, 0.3) is 0 Å². The summed E-state index contributed by atoms with van der Waals surface area (Å²) < 4.78 is 6.01. The Bertz CT molecular complexity index is 778. The summed E-state index contributed by atoms with van der Waals surface area (Å²) >= 11 is 0. The second kappa shape index (κ2) is 9.41. The van der Waals surface area contributed by atoms with Gasteiger partial charge >= 0.3 is 0 Å². The smallest absolute Gasteiger partial charge is 0.237 e. The van der Waals surface area contributed by atoms with E-state index in [4.69, 9.17) is 4.74 Å². The molecule has 0 radical (unpaired) electrons. The molecule has 1 saturated carbocycles. The number of carbonyl (C=O) groups is 1. The number of carbonyl (C=O) groups excluding carboxylic acids is 1. The van der Waals surface area contributed by atoms with Crippen LogP contribution in [0, 0.1) is 6.92 Å². The highest BCUT2D eigenvalue weighted by molar-refractivity contribution is 6.08.